The van der Waals surface area contributed by atoms with E-state index in [1.54, 1.807) is 24.8 Å². The van der Waals surface area contributed by atoms with Crippen LogP contribution >= 0.6 is 11.8 Å². The molecule has 1 aromatic heterocycles. The zero-order chi connectivity index (χ0) is 10.8. The average molecular weight is 224 g/mol. The minimum absolute atomic E-state index is 0.0111. The number of aliphatic hydroxyl groups is 1. The number of H-pyrrole nitrogens is 1. The summed E-state index contributed by atoms with van der Waals surface area (Å²) in [4.78, 5) is 18.7. The van der Waals surface area contributed by atoms with Gasteiger partial charge < -0.3 is 10.1 Å². The molecule has 0 bridgehead atoms. The highest BCUT2D eigenvalue weighted by molar-refractivity contribution is 7.99. The molecule has 0 radical (unpaired) electrons. The van der Waals surface area contributed by atoms with Crippen molar-refractivity contribution < 1.29 is 5.11 Å². The number of nitrogens with zero attached hydrogens (tertiary/aromatic N) is 1. The molecule has 0 unspecified atom stereocenters. The molecule has 80 valence electrons. The molecule has 1 aliphatic rings. The molecular weight excluding hydrogens is 212 g/mol. The second-order valence-electron chi connectivity index (χ2n) is 3.38. The minimum atomic E-state index is -0.0615. The molecule has 0 fully saturated rings. The van der Waals surface area contributed by atoms with Gasteiger partial charge in [-0.1, -0.05) is 6.08 Å². The van der Waals surface area contributed by atoms with E-state index < -0.39 is 0 Å². The van der Waals surface area contributed by atoms with Crippen LogP contribution in [0.25, 0.3) is 5.57 Å². The summed E-state index contributed by atoms with van der Waals surface area (Å²) in [6.45, 7) is 1.75. The molecule has 5 heteroatoms. The van der Waals surface area contributed by atoms with E-state index in [1.165, 1.54) is 0 Å². The van der Waals surface area contributed by atoms with Crippen LogP contribution in [-0.4, -0.2) is 27.4 Å². The molecule has 0 saturated carbocycles. The van der Waals surface area contributed by atoms with Gasteiger partial charge in [0.1, 0.15) is 5.82 Å². The SMILES string of the molecule is Cc1nc2c(c(=O)[nH]1)CSC/C2=C/CO. The lowest BCUT2D eigenvalue weighted by atomic mass is 10.1. The second-order valence-corrected chi connectivity index (χ2v) is 4.37. The van der Waals surface area contributed by atoms with Gasteiger partial charge in [-0.3, -0.25) is 4.79 Å². The van der Waals surface area contributed by atoms with Crippen molar-refractivity contribution in [3.8, 4) is 0 Å². The summed E-state index contributed by atoms with van der Waals surface area (Å²) in [6.07, 6.45) is 1.72. The molecule has 0 spiro atoms. The normalized spacial score (nSPS) is 17.9. The number of thioether (sulfide) groups is 1. The highest BCUT2D eigenvalue weighted by Gasteiger charge is 2.18. The Balaban J connectivity index is 2.61. The fourth-order valence-electron chi connectivity index (χ4n) is 1.61. The van der Waals surface area contributed by atoms with Crippen LogP contribution in [0.15, 0.2) is 10.9 Å². The van der Waals surface area contributed by atoms with E-state index in [-0.39, 0.29) is 12.2 Å². The molecule has 4 nitrogen and oxygen atoms in total. The van der Waals surface area contributed by atoms with E-state index in [1.807, 2.05) is 0 Å². The number of aromatic nitrogens is 2. The Morgan fingerprint density at radius 3 is 3.13 bits per heavy atom. The van der Waals surface area contributed by atoms with E-state index in [0.29, 0.717) is 11.6 Å². The number of hydrogen-bond acceptors (Lipinski definition) is 4. The number of rotatable bonds is 1. The van der Waals surface area contributed by atoms with Gasteiger partial charge in [-0.25, -0.2) is 4.98 Å². The summed E-state index contributed by atoms with van der Waals surface area (Å²) in [7, 11) is 0. The van der Waals surface area contributed by atoms with E-state index in [0.717, 1.165) is 22.6 Å². The standard InChI is InChI=1S/C10H12N2O2S/c1-6-11-9-7(2-3-13)4-15-5-8(9)10(14)12-6/h2,13H,3-5H2,1H3,(H,11,12,14)/b7-2-. The zero-order valence-electron chi connectivity index (χ0n) is 8.41. The first-order chi connectivity index (χ1) is 7.22. The Morgan fingerprint density at radius 2 is 2.40 bits per heavy atom. The van der Waals surface area contributed by atoms with Crippen LogP contribution in [0.1, 0.15) is 17.1 Å². The Hall–Kier alpha value is -1.07. The summed E-state index contributed by atoms with van der Waals surface area (Å²) < 4.78 is 0. The average Bonchev–Trinajstić information content (AvgIpc) is 2.19. The number of fused-ring (bicyclic) bond motifs is 1. The van der Waals surface area contributed by atoms with Crippen molar-refractivity contribution in [1.29, 1.82) is 0 Å². The maximum absolute atomic E-state index is 11.6. The van der Waals surface area contributed by atoms with Gasteiger partial charge in [0, 0.05) is 11.5 Å². The topological polar surface area (TPSA) is 66.0 Å². The lowest BCUT2D eigenvalue weighted by Crippen LogP contribution is -2.21. The smallest absolute Gasteiger partial charge is 0.255 e. The van der Waals surface area contributed by atoms with Crippen molar-refractivity contribution in [2.45, 2.75) is 12.7 Å². The fourth-order valence-corrected chi connectivity index (χ4v) is 2.66. The molecular formula is C10H12N2O2S. The number of aromatic amines is 1. The molecule has 0 atom stereocenters. The summed E-state index contributed by atoms with van der Waals surface area (Å²) in [5.41, 5.74) is 2.37. The molecule has 0 saturated heterocycles. The predicted molar refractivity (Wildman–Crippen MR) is 60.8 cm³/mol. The quantitative estimate of drug-likeness (QED) is 0.737. The van der Waals surface area contributed by atoms with Gasteiger partial charge in [-0.05, 0) is 12.5 Å². The molecule has 1 aromatic rings. The van der Waals surface area contributed by atoms with E-state index >= 15 is 0 Å². The third-order valence-electron chi connectivity index (χ3n) is 2.28. The first-order valence-electron chi connectivity index (χ1n) is 4.70. The predicted octanol–water partition coefficient (Wildman–Crippen LogP) is 0.701. The monoisotopic (exact) mass is 224 g/mol. The van der Waals surface area contributed by atoms with Crippen LogP contribution < -0.4 is 5.56 Å². The van der Waals surface area contributed by atoms with Crippen molar-refractivity contribution in [2.24, 2.45) is 0 Å². The Kier molecular flexibility index (Phi) is 2.93. The molecule has 1 aliphatic heterocycles. The highest BCUT2D eigenvalue weighted by atomic mass is 32.2. The maximum atomic E-state index is 11.6. The molecule has 15 heavy (non-hydrogen) atoms. The zero-order valence-corrected chi connectivity index (χ0v) is 9.23. The molecule has 2 N–H and O–H groups in total. The van der Waals surface area contributed by atoms with Crippen molar-refractivity contribution >= 4 is 17.3 Å². The molecule has 2 heterocycles. The van der Waals surface area contributed by atoms with Crippen LogP contribution in [0.2, 0.25) is 0 Å². The van der Waals surface area contributed by atoms with E-state index in [2.05, 4.69) is 9.97 Å². The van der Waals surface area contributed by atoms with Crippen molar-refractivity contribution in [1.82, 2.24) is 9.97 Å². The van der Waals surface area contributed by atoms with Gasteiger partial charge in [0.25, 0.3) is 5.56 Å². The molecule has 0 aliphatic carbocycles. The summed E-state index contributed by atoms with van der Waals surface area (Å²) in [5.74, 6) is 2.12. The second kappa shape index (κ2) is 4.20. The third kappa shape index (κ3) is 1.98. The Bertz CT molecular complexity index is 465. The van der Waals surface area contributed by atoms with Crippen LogP contribution in [0.4, 0.5) is 0 Å². The number of hydrogen-bond donors (Lipinski definition) is 2. The van der Waals surface area contributed by atoms with Crippen LogP contribution in [-0.2, 0) is 5.75 Å². The van der Waals surface area contributed by atoms with Crippen molar-refractivity contribution in [3.05, 3.63) is 33.5 Å². The number of nitrogens with one attached hydrogen (secondary N) is 1. The third-order valence-corrected chi connectivity index (χ3v) is 3.29. The lowest BCUT2D eigenvalue weighted by molar-refractivity contribution is 0.343. The fraction of sp³-hybridized carbons (Fsp3) is 0.400. The molecule has 2 rings (SSSR count). The summed E-state index contributed by atoms with van der Waals surface area (Å²) in [5, 5.41) is 8.88. The van der Waals surface area contributed by atoms with Gasteiger partial charge in [-0.2, -0.15) is 11.8 Å². The largest absolute Gasteiger partial charge is 0.392 e. The van der Waals surface area contributed by atoms with Gasteiger partial charge in [0.05, 0.1) is 17.9 Å². The van der Waals surface area contributed by atoms with E-state index in [4.69, 9.17) is 5.11 Å². The van der Waals surface area contributed by atoms with Crippen LogP contribution in [0.3, 0.4) is 0 Å². The summed E-state index contributed by atoms with van der Waals surface area (Å²) >= 11 is 1.67. The lowest BCUT2D eigenvalue weighted by Gasteiger charge is -2.16. The van der Waals surface area contributed by atoms with Crippen molar-refractivity contribution in [3.63, 3.8) is 0 Å². The Labute approximate surface area is 91.4 Å². The van der Waals surface area contributed by atoms with E-state index in [9.17, 15) is 4.79 Å². The molecule has 0 aromatic carbocycles. The van der Waals surface area contributed by atoms with Crippen LogP contribution in [0, 0.1) is 6.92 Å². The van der Waals surface area contributed by atoms with Crippen LogP contribution in [0.5, 0.6) is 0 Å². The van der Waals surface area contributed by atoms with Gasteiger partial charge in [0.15, 0.2) is 0 Å². The summed E-state index contributed by atoms with van der Waals surface area (Å²) in [6, 6.07) is 0. The van der Waals surface area contributed by atoms with Gasteiger partial charge in [-0.15, -0.1) is 0 Å². The van der Waals surface area contributed by atoms with Crippen molar-refractivity contribution in [2.75, 3.05) is 12.4 Å². The number of aryl methyl sites for hydroxylation is 1. The highest BCUT2D eigenvalue weighted by Crippen LogP contribution is 2.28. The first-order valence-corrected chi connectivity index (χ1v) is 5.85. The molecule has 0 amide bonds. The first kappa shape index (κ1) is 10.4. The Morgan fingerprint density at radius 1 is 1.60 bits per heavy atom. The maximum Gasteiger partial charge on any atom is 0.255 e. The van der Waals surface area contributed by atoms with Gasteiger partial charge >= 0.3 is 0 Å². The minimum Gasteiger partial charge on any atom is -0.392 e. The van der Waals surface area contributed by atoms with Gasteiger partial charge in [0.2, 0.25) is 0 Å². The number of aliphatic hydroxyl groups excluding tert-OH is 1.